The third kappa shape index (κ3) is 4.04. The minimum Gasteiger partial charge on any atom is -0.486 e. The standard InChI is InChI=1S/C14H12Cl2N2O.ClH/c15-11-6-10(14(17)18)7-12(16)13(11)19-8-9-4-2-1-3-5-9;/h1-7H,8H2,(H3,17,18);1H. The molecule has 0 aliphatic rings. The van der Waals surface area contributed by atoms with E-state index in [2.05, 4.69) is 0 Å². The first kappa shape index (κ1) is 16.6. The molecule has 0 radical (unpaired) electrons. The van der Waals surface area contributed by atoms with Gasteiger partial charge in [0.15, 0.2) is 5.75 Å². The van der Waals surface area contributed by atoms with Gasteiger partial charge in [0.25, 0.3) is 0 Å². The topological polar surface area (TPSA) is 59.1 Å². The number of ether oxygens (including phenoxy) is 1. The molecule has 0 aromatic heterocycles. The molecule has 2 aromatic rings. The maximum atomic E-state index is 7.36. The van der Waals surface area contributed by atoms with Crippen LogP contribution in [0.2, 0.25) is 10.0 Å². The molecule has 0 amide bonds. The van der Waals surface area contributed by atoms with E-state index in [0.717, 1.165) is 5.56 Å². The molecule has 0 aliphatic carbocycles. The smallest absolute Gasteiger partial charge is 0.157 e. The van der Waals surface area contributed by atoms with E-state index < -0.39 is 0 Å². The number of halogens is 3. The Morgan fingerprint density at radius 1 is 1.10 bits per heavy atom. The van der Waals surface area contributed by atoms with E-state index in [-0.39, 0.29) is 18.2 Å². The van der Waals surface area contributed by atoms with Crippen LogP contribution in [0.25, 0.3) is 0 Å². The highest BCUT2D eigenvalue weighted by Crippen LogP contribution is 2.34. The molecule has 6 heteroatoms. The summed E-state index contributed by atoms with van der Waals surface area (Å²) in [4.78, 5) is 0. The summed E-state index contributed by atoms with van der Waals surface area (Å²) in [5.74, 6) is 0.315. The zero-order valence-corrected chi connectivity index (χ0v) is 12.7. The quantitative estimate of drug-likeness (QED) is 0.649. The van der Waals surface area contributed by atoms with E-state index in [4.69, 9.17) is 39.1 Å². The lowest BCUT2D eigenvalue weighted by molar-refractivity contribution is 0.306. The van der Waals surface area contributed by atoms with Crippen molar-refractivity contribution in [2.75, 3.05) is 0 Å². The molecule has 0 unspecified atom stereocenters. The van der Waals surface area contributed by atoms with Gasteiger partial charge in [0.1, 0.15) is 12.4 Å². The molecule has 0 bridgehead atoms. The van der Waals surface area contributed by atoms with Gasteiger partial charge in [0, 0.05) is 5.56 Å². The highest BCUT2D eigenvalue weighted by Gasteiger charge is 2.11. The van der Waals surface area contributed by atoms with E-state index in [1.807, 2.05) is 30.3 Å². The van der Waals surface area contributed by atoms with Crippen molar-refractivity contribution < 1.29 is 4.74 Å². The maximum absolute atomic E-state index is 7.36. The monoisotopic (exact) mass is 330 g/mol. The number of hydrogen-bond donors (Lipinski definition) is 2. The van der Waals surface area contributed by atoms with Crippen molar-refractivity contribution >= 4 is 41.4 Å². The molecule has 106 valence electrons. The molecule has 0 saturated heterocycles. The van der Waals surface area contributed by atoms with Gasteiger partial charge in [-0.1, -0.05) is 53.5 Å². The van der Waals surface area contributed by atoms with Crippen molar-refractivity contribution in [3.05, 3.63) is 63.6 Å². The summed E-state index contributed by atoms with van der Waals surface area (Å²) in [5.41, 5.74) is 6.88. The minimum absolute atomic E-state index is 0. The number of amidine groups is 1. The second-order valence-electron chi connectivity index (χ2n) is 3.96. The lowest BCUT2D eigenvalue weighted by Gasteiger charge is -2.11. The SMILES string of the molecule is Cl.N=C(N)c1cc(Cl)c(OCc2ccccc2)c(Cl)c1. The molecule has 0 fully saturated rings. The third-order valence-corrected chi connectivity index (χ3v) is 3.10. The van der Waals surface area contributed by atoms with Crippen molar-refractivity contribution in [3.8, 4) is 5.75 Å². The highest BCUT2D eigenvalue weighted by atomic mass is 35.5. The third-order valence-electron chi connectivity index (χ3n) is 2.54. The molecular weight excluding hydrogens is 319 g/mol. The summed E-state index contributed by atoms with van der Waals surface area (Å²) in [6, 6.07) is 12.8. The molecule has 0 saturated carbocycles. The Balaban J connectivity index is 0.00000200. The molecule has 0 heterocycles. The predicted molar refractivity (Wildman–Crippen MR) is 85.5 cm³/mol. The Hall–Kier alpha value is -1.42. The van der Waals surface area contributed by atoms with E-state index in [1.165, 1.54) is 0 Å². The first-order valence-corrected chi connectivity index (χ1v) is 6.33. The van der Waals surface area contributed by atoms with Crippen LogP contribution >= 0.6 is 35.6 Å². The molecule has 3 N–H and O–H groups in total. The van der Waals surface area contributed by atoms with Gasteiger partial charge in [0.2, 0.25) is 0 Å². The minimum atomic E-state index is -0.0848. The Kier molecular flexibility index (Phi) is 6.14. The number of rotatable bonds is 4. The molecule has 2 aromatic carbocycles. The normalized spacial score (nSPS) is 9.70. The van der Waals surface area contributed by atoms with E-state index in [1.54, 1.807) is 12.1 Å². The van der Waals surface area contributed by atoms with Gasteiger partial charge in [0.05, 0.1) is 10.0 Å². The van der Waals surface area contributed by atoms with Gasteiger partial charge in [-0.2, -0.15) is 0 Å². The van der Waals surface area contributed by atoms with Crippen LogP contribution < -0.4 is 10.5 Å². The second-order valence-corrected chi connectivity index (χ2v) is 4.77. The van der Waals surface area contributed by atoms with Gasteiger partial charge in [-0.05, 0) is 17.7 Å². The van der Waals surface area contributed by atoms with Crippen molar-refractivity contribution in [1.29, 1.82) is 5.41 Å². The van der Waals surface area contributed by atoms with Crippen LogP contribution in [-0.2, 0) is 6.61 Å². The summed E-state index contributed by atoms with van der Waals surface area (Å²) in [7, 11) is 0. The molecular formula is C14H13Cl3N2O. The largest absolute Gasteiger partial charge is 0.486 e. The van der Waals surface area contributed by atoms with E-state index in [9.17, 15) is 0 Å². The van der Waals surface area contributed by atoms with Crippen LogP contribution in [-0.4, -0.2) is 5.84 Å². The van der Waals surface area contributed by atoms with E-state index >= 15 is 0 Å². The Morgan fingerprint density at radius 3 is 2.15 bits per heavy atom. The first-order valence-electron chi connectivity index (χ1n) is 5.58. The van der Waals surface area contributed by atoms with Crippen LogP contribution in [0.5, 0.6) is 5.75 Å². The van der Waals surface area contributed by atoms with Crippen molar-refractivity contribution in [1.82, 2.24) is 0 Å². The second kappa shape index (κ2) is 7.39. The molecule has 0 atom stereocenters. The summed E-state index contributed by atoms with van der Waals surface area (Å²) < 4.78 is 5.61. The lowest BCUT2D eigenvalue weighted by atomic mass is 10.2. The number of nitrogens with one attached hydrogen (secondary N) is 1. The fraction of sp³-hybridized carbons (Fsp3) is 0.0714. The summed E-state index contributed by atoms with van der Waals surface area (Å²) in [6.07, 6.45) is 0. The predicted octanol–water partition coefficient (Wildman–Crippen LogP) is 4.28. The van der Waals surface area contributed by atoms with Crippen LogP contribution in [0, 0.1) is 5.41 Å². The fourth-order valence-electron chi connectivity index (χ4n) is 1.58. The zero-order valence-electron chi connectivity index (χ0n) is 10.4. The average Bonchev–Trinajstić information content (AvgIpc) is 2.38. The van der Waals surface area contributed by atoms with Gasteiger partial charge < -0.3 is 10.5 Å². The molecule has 20 heavy (non-hydrogen) atoms. The Morgan fingerprint density at radius 2 is 1.65 bits per heavy atom. The molecule has 3 nitrogen and oxygen atoms in total. The van der Waals surface area contributed by atoms with Crippen molar-refractivity contribution in [3.63, 3.8) is 0 Å². The van der Waals surface area contributed by atoms with Crippen LogP contribution in [0.15, 0.2) is 42.5 Å². The van der Waals surface area contributed by atoms with Crippen LogP contribution in [0.3, 0.4) is 0 Å². The first-order chi connectivity index (χ1) is 9.08. The lowest BCUT2D eigenvalue weighted by Crippen LogP contribution is -2.11. The maximum Gasteiger partial charge on any atom is 0.157 e. The molecule has 0 aliphatic heterocycles. The summed E-state index contributed by atoms with van der Waals surface area (Å²) >= 11 is 12.2. The average molecular weight is 332 g/mol. The summed E-state index contributed by atoms with van der Waals surface area (Å²) in [5, 5.41) is 8.04. The highest BCUT2D eigenvalue weighted by molar-refractivity contribution is 6.37. The van der Waals surface area contributed by atoms with Gasteiger partial charge in [-0.15, -0.1) is 12.4 Å². The van der Waals surface area contributed by atoms with Crippen LogP contribution in [0.4, 0.5) is 0 Å². The van der Waals surface area contributed by atoms with Crippen molar-refractivity contribution in [2.45, 2.75) is 6.61 Å². The Bertz CT molecular complexity index is 580. The van der Waals surface area contributed by atoms with Gasteiger partial charge in [-0.25, -0.2) is 0 Å². The van der Waals surface area contributed by atoms with Gasteiger partial charge in [-0.3, -0.25) is 5.41 Å². The Labute approximate surface area is 133 Å². The summed E-state index contributed by atoms with van der Waals surface area (Å²) in [6.45, 7) is 0.375. The van der Waals surface area contributed by atoms with Crippen LogP contribution in [0.1, 0.15) is 11.1 Å². The number of hydrogen-bond acceptors (Lipinski definition) is 2. The zero-order chi connectivity index (χ0) is 13.8. The molecule has 2 rings (SSSR count). The van der Waals surface area contributed by atoms with Crippen molar-refractivity contribution in [2.24, 2.45) is 5.73 Å². The van der Waals surface area contributed by atoms with E-state index in [0.29, 0.717) is 28.0 Å². The number of nitrogen functional groups attached to an aromatic ring is 1. The molecule has 0 spiro atoms. The number of benzene rings is 2. The number of nitrogens with two attached hydrogens (primary N) is 1. The van der Waals surface area contributed by atoms with Gasteiger partial charge >= 0.3 is 0 Å². The fourth-order valence-corrected chi connectivity index (χ4v) is 2.18.